The van der Waals surface area contributed by atoms with Gasteiger partial charge in [0.2, 0.25) is 17.6 Å². The molecule has 4 rings (SSSR count). The second-order valence-corrected chi connectivity index (χ2v) is 7.21. The number of nitrogens with one attached hydrogen (secondary N) is 2. The van der Waals surface area contributed by atoms with E-state index in [1.165, 1.54) is 12.1 Å². The maximum Gasteiger partial charge on any atom is 0.226 e. The molecule has 1 atom stereocenters. The highest BCUT2D eigenvalue weighted by atomic mass is 19.1. The predicted octanol–water partition coefficient (Wildman–Crippen LogP) is 4.47. The quantitative estimate of drug-likeness (QED) is 0.439. The third-order valence-electron chi connectivity index (χ3n) is 4.83. The molecule has 0 aliphatic heterocycles. The first kappa shape index (κ1) is 20.5. The van der Waals surface area contributed by atoms with E-state index in [2.05, 4.69) is 25.4 Å². The van der Waals surface area contributed by atoms with Gasteiger partial charge in [0.05, 0.1) is 17.9 Å². The first-order chi connectivity index (χ1) is 15.1. The second-order valence-electron chi connectivity index (χ2n) is 7.21. The molecule has 0 aliphatic rings. The first-order valence-electron chi connectivity index (χ1n) is 10.1. The number of amides is 1. The molecule has 0 aliphatic carbocycles. The van der Waals surface area contributed by atoms with Gasteiger partial charge in [0.25, 0.3) is 0 Å². The molecular formula is C23H22FN5O2. The van der Waals surface area contributed by atoms with Crippen LogP contribution in [0.4, 0.5) is 4.39 Å². The first-order valence-corrected chi connectivity index (χ1v) is 10.1. The smallest absolute Gasteiger partial charge is 0.226 e. The molecular weight excluding hydrogens is 397 g/mol. The summed E-state index contributed by atoms with van der Waals surface area (Å²) in [6.45, 7) is 1.89. The molecule has 2 heterocycles. The van der Waals surface area contributed by atoms with Crippen molar-refractivity contribution in [1.82, 2.24) is 25.4 Å². The fourth-order valence-corrected chi connectivity index (χ4v) is 3.18. The lowest BCUT2D eigenvalue weighted by atomic mass is 10.2. The zero-order chi connectivity index (χ0) is 21.6. The zero-order valence-corrected chi connectivity index (χ0v) is 17.0. The Labute approximate surface area is 178 Å². The Balaban J connectivity index is 1.25. The number of imidazole rings is 1. The standard InChI is InChI=1S/C23H22FN5O2/c1-15(22-25-14-19(27-22)16-6-3-2-4-7-16)26-20(30)8-5-9-21-28-23(29-31-21)17-10-12-18(24)13-11-17/h2-4,6-7,10-15H,5,8-9H2,1H3,(H,25,27)(H,26,30). The molecule has 158 valence electrons. The van der Waals surface area contributed by atoms with Crippen LogP contribution in [0.3, 0.4) is 0 Å². The molecule has 7 nitrogen and oxygen atoms in total. The van der Waals surface area contributed by atoms with Crippen molar-refractivity contribution in [3.05, 3.63) is 78.3 Å². The number of H-pyrrole nitrogens is 1. The van der Waals surface area contributed by atoms with Crippen molar-refractivity contribution in [2.24, 2.45) is 0 Å². The van der Waals surface area contributed by atoms with Crippen molar-refractivity contribution in [3.63, 3.8) is 0 Å². The molecule has 0 fully saturated rings. The Bertz CT molecular complexity index is 1140. The minimum Gasteiger partial charge on any atom is -0.346 e. The van der Waals surface area contributed by atoms with Crippen molar-refractivity contribution in [3.8, 4) is 22.6 Å². The Morgan fingerprint density at radius 1 is 1.13 bits per heavy atom. The van der Waals surface area contributed by atoms with Crippen LogP contribution in [0, 0.1) is 5.82 Å². The van der Waals surface area contributed by atoms with E-state index in [9.17, 15) is 9.18 Å². The third-order valence-corrected chi connectivity index (χ3v) is 4.83. The Hall–Kier alpha value is -3.81. The van der Waals surface area contributed by atoms with E-state index in [1.807, 2.05) is 37.3 Å². The van der Waals surface area contributed by atoms with E-state index in [4.69, 9.17) is 4.52 Å². The van der Waals surface area contributed by atoms with Crippen LogP contribution in [0.15, 0.2) is 65.3 Å². The van der Waals surface area contributed by atoms with Gasteiger partial charge >= 0.3 is 0 Å². The molecule has 2 aromatic heterocycles. The number of hydrogen-bond acceptors (Lipinski definition) is 5. The average molecular weight is 419 g/mol. The molecule has 8 heteroatoms. The number of aryl methyl sites for hydroxylation is 1. The largest absolute Gasteiger partial charge is 0.346 e. The van der Waals surface area contributed by atoms with Gasteiger partial charge in [-0.2, -0.15) is 4.98 Å². The highest BCUT2D eigenvalue weighted by molar-refractivity contribution is 5.76. The normalized spacial score (nSPS) is 11.9. The van der Waals surface area contributed by atoms with Crippen molar-refractivity contribution < 1.29 is 13.7 Å². The summed E-state index contributed by atoms with van der Waals surface area (Å²) in [5, 5.41) is 6.86. The van der Waals surface area contributed by atoms with E-state index < -0.39 is 0 Å². The number of benzene rings is 2. The number of carbonyl (C=O) groups excluding carboxylic acids is 1. The summed E-state index contributed by atoms with van der Waals surface area (Å²) in [4.78, 5) is 24.2. The maximum atomic E-state index is 13.0. The highest BCUT2D eigenvalue weighted by Crippen LogP contribution is 2.19. The molecule has 1 amide bonds. The van der Waals surface area contributed by atoms with Gasteiger partial charge in [0.15, 0.2) is 0 Å². The van der Waals surface area contributed by atoms with Crippen LogP contribution in [0.25, 0.3) is 22.6 Å². The van der Waals surface area contributed by atoms with Crippen LogP contribution in [-0.2, 0) is 11.2 Å². The monoisotopic (exact) mass is 419 g/mol. The Kier molecular flexibility index (Phi) is 6.16. The van der Waals surface area contributed by atoms with Gasteiger partial charge in [-0.3, -0.25) is 4.79 Å². The summed E-state index contributed by atoms with van der Waals surface area (Å²) in [5.41, 5.74) is 2.63. The van der Waals surface area contributed by atoms with Crippen LogP contribution in [0.5, 0.6) is 0 Å². The van der Waals surface area contributed by atoms with Crippen molar-refractivity contribution in [2.45, 2.75) is 32.2 Å². The minimum atomic E-state index is -0.321. The number of carbonyl (C=O) groups is 1. The van der Waals surface area contributed by atoms with E-state index in [1.54, 1.807) is 18.3 Å². The lowest BCUT2D eigenvalue weighted by Crippen LogP contribution is -2.27. The average Bonchev–Trinajstić information content (AvgIpc) is 3.45. The number of rotatable bonds is 8. The summed E-state index contributed by atoms with van der Waals surface area (Å²) in [7, 11) is 0. The molecule has 1 unspecified atom stereocenters. The van der Waals surface area contributed by atoms with Gasteiger partial charge < -0.3 is 14.8 Å². The van der Waals surface area contributed by atoms with Gasteiger partial charge in [0, 0.05) is 18.4 Å². The van der Waals surface area contributed by atoms with E-state index in [-0.39, 0.29) is 17.8 Å². The zero-order valence-electron chi connectivity index (χ0n) is 17.0. The van der Waals surface area contributed by atoms with Gasteiger partial charge in [0.1, 0.15) is 11.6 Å². The van der Waals surface area contributed by atoms with Crippen LogP contribution >= 0.6 is 0 Å². The molecule has 0 bridgehead atoms. The van der Waals surface area contributed by atoms with E-state index in [0.29, 0.717) is 42.4 Å². The summed E-state index contributed by atoms with van der Waals surface area (Å²) in [6, 6.07) is 15.5. The summed E-state index contributed by atoms with van der Waals surface area (Å²) in [6.07, 6.45) is 3.14. The van der Waals surface area contributed by atoms with Gasteiger partial charge in [-0.15, -0.1) is 0 Å². The highest BCUT2D eigenvalue weighted by Gasteiger charge is 2.14. The minimum absolute atomic E-state index is 0.0802. The van der Waals surface area contributed by atoms with Gasteiger partial charge in [-0.05, 0) is 43.2 Å². The van der Waals surface area contributed by atoms with Crippen molar-refractivity contribution in [1.29, 1.82) is 0 Å². The molecule has 31 heavy (non-hydrogen) atoms. The Morgan fingerprint density at radius 2 is 1.90 bits per heavy atom. The summed E-state index contributed by atoms with van der Waals surface area (Å²) >= 11 is 0. The molecule has 2 N–H and O–H groups in total. The molecule has 0 saturated heterocycles. The lowest BCUT2D eigenvalue weighted by Gasteiger charge is -2.11. The fraction of sp³-hybridized carbons (Fsp3) is 0.217. The lowest BCUT2D eigenvalue weighted by molar-refractivity contribution is -0.121. The molecule has 4 aromatic rings. The molecule has 2 aromatic carbocycles. The van der Waals surface area contributed by atoms with Gasteiger partial charge in [-0.25, -0.2) is 9.37 Å². The summed E-state index contributed by atoms with van der Waals surface area (Å²) in [5.74, 6) is 1.15. The second kappa shape index (κ2) is 9.34. The number of aromatic nitrogens is 4. The topological polar surface area (TPSA) is 96.7 Å². The predicted molar refractivity (Wildman–Crippen MR) is 113 cm³/mol. The number of aromatic amines is 1. The third kappa shape index (κ3) is 5.22. The van der Waals surface area contributed by atoms with Crippen molar-refractivity contribution in [2.75, 3.05) is 0 Å². The Morgan fingerprint density at radius 3 is 2.68 bits per heavy atom. The number of halogens is 1. The molecule has 0 spiro atoms. The van der Waals surface area contributed by atoms with Crippen LogP contribution in [-0.4, -0.2) is 26.0 Å². The fourth-order valence-electron chi connectivity index (χ4n) is 3.18. The van der Waals surface area contributed by atoms with Crippen LogP contribution < -0.4 is 5.32 Å². The molecule has 0 saturated carbocycles. The van der Waals surface area contributed by atoms with E-state index in [0.717, 1.165) is 11.3 Å². The maximum absolute atomic E-state index is 13.0. The summed E-state index contributed by atoms with van der Waals surface area (Å²) < 4.78 is 18.2. The van der Waals surface area contributed by atoms with Crippen LogP contribution in [0.2, 0.25) is 0 Å². The number of hydrogen-bond donors (Lipinski definition) is 2. The van der Waals surface area contributed by atoms with E-state index >= 15 is 0 Å². The SMILES string of the molecule is CC(NC(=O)CCCc1nc(-c2ccc(F)cc2)no1)c1ncc(-c2ccccc2)[nH]1. The van der Waals surface area contributed by atoms with Crippen LogP contribution in [0.1, 0.15) is 37.5 Å². The van der Waals surface area contributed by atoms with Crippen molar-refractivity contribution >= 4 is 5.91 Å². The van der Waals surface area contributed by atoms with Gasteiger partial charge in [-0.1, -0.05) is 35.5 Å². The number of nitrogens with zero attached hydrogens (tertiary/aromatic N) is 3. The molecule has 0 radical (unpaired) electrons.